The number of piperidine rings is 1. The summed E-state index contributed by atoms with van der Waals surface area (Å²) < 4.78 is 0. The first-order valence-electron chi connectivity index (χ1n) is 7.42. The van der Waals surface area contributed by atoms with Gasteiger partial charge in [0.1, 0.15) is 0 Å². The third-order valence-corrected chi connectivity index (χ3v) is 3.83. The van der Waals surface area contributed by atoms with Gasteiger partial charge in [0.25, 0.3) is 0 Å². The molecule has 1 amide bonds. The Bertz CT molecular complexity index is 510. The largest absolute Gasteiger partial charge is 0.481 e. The van der Waals surface area contributed by atoms with Crippen molar-refractivity contribution in [2.45, 2.75) is 38.6 Å². The summed E-state index contributed by atoms with van der Waals surface area (Å²) in [5, 5.41) is 12.2. The number of carbonyl (C=O) groups is 2. The van der Waals surface area contributed by atoms with Gasteiger partial charge in [-0.3, -0.25) is 9.59 Å². The predicted molar refractivity (Wildman–Crippen MR) is 81.4 cm³/mol. The van der Waals surface area contributed by atoms with E-state index in [1.54, 1.807) is 4.90 Å². The monoisotopic (exact) mass is 290 g/mol. The van der Waals surface area contributed by atoms with Gasteiger partial charge in [-0.2, -0.15) is 0 Å². The van der Waals surface area contributed by atoms with Gasteiger partial charge >= 0.3 is 5.97 Å². The number of amides is 1. The Morgan fingerprint density at radius 3 is 2.71 bits per heavy atom. The molecule has 1 fully saturated rings. The molecule has 0 aliphatic carbocycles. The first-order valence-corrected chi connectivity index (χ1v) is 7.42. The van der Waals surface area contributed by atoms with Crippen LogP contribution in [0.5, 0.6) is 0 Å². The van der Waals surface area contributed by atoms with Crippen LogP contribution in [0.15, 0.2) is 24.3 Å². The van der Waals surface area contributed by atoms with Crippen LogP contribution in [0.3, 0.4) is 0 Å². The molecule has 1 aliphatic heterocycles. The predicted octanol–water partition coefficient (Wildman–Crippen LogP) is 1.94. The zero-order valence-electron chi connectivity index (χ0n) is 12.3. The Morgan fingerprint density at radius 2 is 2.10 bits per heavy atom. The third kappa shape index (κ3) is 4.04. The van der Waals surface area contributed by atoms with Gasteiger partial charge in [0.2, 0.25) is 5.91 Å². The molecule has 1 saturated heterocycles. The van der Waals surface area contributed by atoms with Crippen LogP contribution in [0.25, 0.3) is 0 Å². The lowest BCUT2D eigenvalue weighted by Crippen LogP contribution is -2.49. The molecular formula is C16H22N2O3. The van der Waals surface area contributed by atoms with E-state index in [0.29, 0.717) is 0 Å². The van der Waals surface area contributed by atoms with Gasteiger partial charge < -0.3 is 15.3 Å². The topological polar surface area (TPSA) is 69.6 Å². The van der Waals surface area contributed by atoms with E-state index in [2.05, 4.69) is 5.32 Å². The maximum Gasteiger partial charge on any atom is 0.305 e. The zero-order valence-corrected chi connectivity index (χ0v) is 12.3. The highest BCUT2D eigenvalue weighted by molar-refractivity contribution is 5.98. The number of para-hydroxylation sites is 1. The lowest BCUT2D eigenvalue weighted by Gasteiger charge is -2.30. The van der Waals surface area contributed by atoms with Crippen molar-refractivity contribution in [3.63, 3.8) is 0 Å². The lowest BCUT2D eigenvalue weighted by molar-refractivity contribution is -0.136. The molecule has 5 heteroatoms. The summed E-state index contributed by atoms with van der Waals surface area (Å²) in [7, 11) is 0. The lowest BCUT2D eigenvalue weighted by atomic mass is 10.0. The van der Waals surface area contributed by atoms with E-state index < -0.39 is 5.97 Å². The molecular weight excluding hydrogens is 268 g/mol. The molecule has 114 valence electrons. The Hall–Kier alpha value is -1.88. The number of nitrogens with zero attached hydrogens (tertiary/aromatic N) is 1. The first-order chi connectivity index (χ1) is 10.1. The molecule has 1 atom stereocenters. The fourth-order valence-electron chi connectivity index (χ4n) is 2.67. The summed E-state index contributed by atoms with van der Waals surface area (Å²) in [5.41, 5.74) is 1.78. The van der Waals surface area contributed by atoms with E-state index in [4.69, 9.17) is 5.11 Å². The molecule has 1 aromatic carbocycles. The fourth-order valence-corrected chi connectivity index (χ4v) is 2.67. The Kier molecular flexibility index (Phi) is 5.33. The van der Waals surface area contributed by atoms with Crippen molar-refractivity contribution >= 4 is 17.6 Å². The molecule has 1 aliphatic rings. The normalized spacial score (nSPS) is 18.2. The quantitative estimate of drug-likeness (QED) is 0.869. The Labute approximate surface area is 125 Å². The van der Waals surface area contributed by atoms with Gasteiger partial charge in [-0.15, -0.1) is 0 Å². The summed E-state index contributed by atoms with van der Waals surface area (Å²) in [6.45, 7) is 2.98. The van der Waals surface area contributed by atoms with Crippen molar-refractivity contribution in [1.29, 1.82) is 0 Å². The van der Waals surface area contributed by atoms with E-state index in [1.807, 2.05) is 31.2 Å². The second-order valence-corrected chi connectivity index (χ2v) is 5.42. The Morgan fingerprint density at radius 1 is 1.33 bits per heavy atom. The number of carbonyl (C=O) groups excluding carboxylic acids is 1. The van der Waals surface area contributed by atoms with Gasteiger partial charge in [0.05, 0.1) is 12.5 Å². The average Bonchev–Trinajstić information content (AvgIpc) is 2.49. The van der Waals surface area contributed by atoms with Crippen LogP contribution < -0.4 is 10.2 Å². The SMILES string of the molecule is Cc1ccccc1N(CCC(=O)O)C(=O)[C@H]1CCCCN1. The number of aryl methyl sites for hydroxylation is 1. The molecule has 0 spiro atoms. The first kappa shape index (κ1) is 15.5. The summed E-state index contributed by atoms with van der Waals surface area (Å²) in [6.07, 6.45) is 2.88. The molecule has 0 unspecified atom stereocenters. The van der Waals surface area contributed by atoms with Crippen molar-refractivity contribution in [2.75, 3.05) is 18.0 Å². The van der Waals surface area contributed by atoms with E-state index in [1.165, 1.54) is 0 Å². The summed E-state index contributed by atoms with van der Waals surface area (Å²) in [5.74, 6) is -0.914. The van der Waals surface area contributed by atoms with E-state index in [0.717, 1.165) is 37.1 Å². The van der Waals surface area contributed by atoms with Crippen molar-refractivity contribution in [3.8, 4) is 0 Å². The number of aliphatic carboxylic acids is 1. The van der Waals surface area contributed by atoms with Gasteiger partial charge in [-0.25, -0.2) is 0 Å². The Balaban J connectivity index is 2.20. The number of benzene rings is 1. The van der Waals surface area contributed by atoms with Gasteiger partial charge in [-0.05, 0) is 37.9 Å². The number of carboxylic acid groups (broad SMARTS) is 1. The number of carboxylic acids is 1. The van der Waals surface area contributed by atoms with E-state index in [-0.39, 0.29) is 24.9 Å². The number of nitrogens with one attached hydrogen (secondary N) is 1. The second-order valence-electron chi connectivity index (χ2n) is 5.42. The number of anilines is 1. The zero-order chi connectivity index (χ0) is 15.2. The molecule has 2 N–H and O–H groups in total. The van der Waals surface area contributed by atoms with Gasteiger partial charge in [-0.1, -0.05) is 24.6 Å². The molecule has 0 radical (unpaired) electrons. The van der Waals surface area contributed by atoms with Crippen LogP contribution in [0.4, 0.5) is 5.69 Å². The van der Waals surface area contributed by atoms with Crippen molar-refractivity contribution in [2.24, 2.45) is 0 Å². The average molecular weight is 290 g/mol. The molecule has 2 rings (SSSR count). The number of rotatable bonds is 5. The highest BCUT2D eigenvalue weighted by atomic mass is 16.4. The summed E-state index contributed by atoms with van der Waals surface area (Å²) in [6, 6.07) is 7.39. The molecule has 0 bridgehead atoms. The van der Waals surface area contributed by atoms with Gasteiger partial charge in [0.15, 0.2) is 0 Å². The van der Waals surface area contributed by atoms with Crippen molar-refractivity contribution < 1.29 is 14.7 Å². The standard InChI is InChI=1S/C16H22N2O3/c1-12-6-2-3-8-14(12)18(11-9-15(19)20)16(21)13-7-4-5-10-17-13/h2-3,6,8,13,17H,4-5,7,9-11H2,1H3,(H,19,20)/t13-/m1/s1. The van der Waals surface area contributed by atoms with Crippen LogP contribution in [-0.2, 0) is 9.59 Å². The molecule has 21 heavy (non-hydrogen) atoms. The maximum absolute atomic E-state index is 12.7. The minimum atomic E-state index is -0.891. The number of hydrogen-bond acceptors (Lipinski definition) is 3. The highest BCUT2D eigenvalue weighted by Crippen LogP contribution is 2.22. The minimum Gasteiger partial charge on any atom is -0.481 e. The fraction of sp³-hybridized carbons (Fsp3) is 0.500. The van der Waals surface area contributed by atoms with Crippen molar-refractivity contribution in [1.82, 2.24) is 5.32 Å². The smallest absolute Gasteiger partial charge is 0.305 e. The minimum absolute atomic E-state index is 0.0229. The van der Waals surface area contributed by atoms with Gasteiger partial charge in [0, 0.05) is 12.2 Å². The van der Waals surface area contributed by atoms with Crippen LogP contribution >= 0.6 is 0 Å². The van der Waals surface area contributed by atoms with Crippen LogP contribution in [0.2, 0.25) is 0 Å². The van der Waals surface area contributed by atoms with Crippen LogP contribution in [0, 0.1) is 6.92 Å². The van der Waals surface area contributed by atoms with Crippen molar-refractivity contribution in [3.05, 3.63) is 29.8 Å². The second kappa shape index (κ2) is 7.22. The van der Waals surface area contributed by atoms with E-state index >= 15 is 0 Å². The van der Waals surface area contributed by atoms with Crippen LogP contribution in [0.1, 0.15) is 31.2 Å². The number of hydrogen-bond donors (Lipinski definition) is 2. The molecule has 5 nitrogen and oxygen atoms in total. The highest BCUT2D eigenvalue weighted by Gasteiger charge is 2.27. The summed E-state index contributed by atoms with van der Waals surface area (Å²) >= 11 is 0. The molecule has 1 heterocycles. The molecule has 1 aromatic rings. The summed E-state index contributed by atoms with van der Waals surface area (Å²) in [4.78, 5) is 25.2. The third-order valence-electron chi connectivity index (χ3n) is 3.83. The van der Waals surface area contributed by atoms with Crippen LogP contribution in [-0.4, -0.2) is 36.1 Å². The van der Waals surface area contributed by atoms with E-state index in [9.17, 15) is 9.59 Å². The molecule has 0 aromatic heterocycles. The molecule has 0 saturated carbocycles. The maximum atomic E-state index is 12.7.